The van der Waals surface area contributed by atoms with E-state index >= 15 is 0 Å². The van der Waals surface area contributed by atoms with E-state index < -0.39 is 20.3 Å². The maximum atomic E-state index is 12.5. The fraction of sp³-hybridized carbons (Fsp3) is 0.0556. The van der Waals surface area contributed by atoms with Gasteiger partial charge in [-0.1, -0.05) is 45.9 Å². The minimum absolute atomic E-state index is 0.00376. The van der Waals surface area contributed by atoms with Crippen molar-refractivity contribution in [1.29, 1.82) is 0 Å². The van der Waals surface area contributed by atoms with Crippen LogP contribution in [0, 0.1) is 0 Å². The van der Waals surface area contributed by atoms with Gasteiger partial charge in [-0.2, -0.15) is 0 Å². The number of aromatic amines is 1. The Labute approximate surface area is 173 Å². The first-order valence-electron chi connectivity index (χ1n) is 7.94. The lowest BCUT2D eigenvalue weighted by Gasteiger charge is -2.06. The summed E-state index contributed by atoms with van der Waals surface area (Å²) in [6.07, 6.45) is 1.01. The van der Waals surface area contributed by atoms with Crippen molar-refractivity contribution in [1.82, 2.24) is 9.97 Å². The van der Waals surface area contributed by atoms with Crippen molar-refractivity contribution < 1.29 is 13.2 Å². The van der Waals surface area contributed by atoms with Crippen LogP contribution in [0.4, 0.5) is 5.69 Å². The van der Waals surface area contributed by atoms with Gasteiger partial charge in [-0.25, -0.2) is 13.4 Å². The van der Waals surface area contributed by atoms with Gasteiger partial charge in [-0.05, 0) is 36.4 Å². The molecule has 0 saturated heterocycles. The van der Waals surface area contributed by atoms with Crippen molar-refractivity contribution in [2.45, 2.75) is 14.9 Å². The molecule has 0 aliphatic rings. The summed E-state index contributed by atoms with van der Waals surface area (Å²) in [7, 11) is -3.96. The molecule has 0 bridgehead atoms. The molecule has 0 unspecified atom stereocenters. The van der Waals surface area contributed by atoms with Gasteiger partial charge in [0.2, 0.25) is 15.7 Å². The first-order chi connectivity index (χ1) is 13.4. The monoisotopic (exact) mass is 479 g/mol. The zero-order valence-electron chi connectivity index (χ0n) is 14.3. The van der Waals surface area contributed by atoms with E-state index in [2.05, 4.69) is 31.2 Å². The molecule has 2 aromatic carbocycles. The van der Waals surface area contributed by atoms with E-state index in [1.807, 2.05) is 0 Å². The number of carbonyl (C=O) groups excluding carboxylic acids is 1. The predicted octanol–water partition coefficient (Wildman–Crippen LogP) is 3.10. The Morgan fingerprint density at radius 1 is 1.11 bits per heavy atom. The van der Waals surface area contributed by atoms with Gasteiger partial charge in [0.1, 0.15) is 0 Å². The molecule has 0 saturated carbocycles. The molecule has 144 valence electrons. The number of nitrogens with one attached hydrogen (secondary N) is 2. The number of hydrogen-bond donors (Lipinski definition) is 2. The van der Waals surface area contributed by atoms with Crippen LogP contribution in [0.2, 0.25) is 0 Å². The molecule has 10 heteroatoms. The minimum Gasteiger partial charge on any atom is -0.325 e. The number of halogens is 1. The summed E-state index contributed by atoms with van der Waals surface area (Å²) in [4.78, 5) is 30.2. The second-order valence-electron chi connectivity index (χ2n) is 5.54. The number of hydrogen-bond acceptors (Lipinski definition) is 6. The van der Waals surface area contributed by atoms with Crippen molar-refractivity contribution in [2.24, 2.45) is 0 Å². The summed E-state index contributed by atoms with van der Waals surface area (Å²) in [5.74, 6) is -0.278. The van der Waals surface area contributed by atoms with Crippen LogP contribution in [0.1, 0.15) is 0 Å². The molecule has 0 aliphatic heterocycles. The van der Waals surface area contributed by atoms with Crippen LogP contribution in [-0.4, -0.2) is 30.0 Å². The van der Waals surface area contributed by atoms with E-state index in [1.54, 1.807) is 42.5 Å². The Kier molecular flexibility index (Phi) is 6.32. The number of sulfone groups is 1. The number of H-pyrrole nitrogens is 1. The number of amides is 1. The quantitative estimate of drug-likeness (QED) is 0.415. The highest BCUT2D eigenvalue weighted by Gasteiger charge is 2.22. The molecule has 1 amide bonds. The molecule has 28 heavy (non-hydrogen) atoms. The predicted molar refractivity (Wildman–Crippen MR) is 110 cm³/mol. The van der Waals surface area contributed by atoms with Crippen LogP contribution in [-0.2, 0) is 14.6 Å². The zero-order valence-corrected chi connectivity index (χ0v) is 17.5. The smallest absolute Gasteiger partial charge is 0.270 e. The molecule has 1 heterocycles. The maximum Gasteiger partial charge on any atom is 0.270 e. The summed E-state index contributed by atoms with van der Waals surface area (Å²) < 4.78 is 25.9. The first-order valence-corrected chi connectivity index (χ1v) is 11.2. The Morgan fingerprint density at radius 2 is 1.79 bits per heavy atom. The van der Waals surface area contributed by atoms with Crippen molar-refractivity contribution in [2.75, 3.05) is 11.1 Å². The molecule has 0 atom stereocenters. The highest BCUT2D eigenvalue weighted by molar-refractivity contribution is 9.10. The number of nitrogens with zero attached hydrogens (tertiary/aromatic N) is 1. The molecule has 0 fully saturated rings. The number of rotatable bonds is 6. The van der Waals surface area contributed by atoms with Crippen LogP contribution in [0.5, 0.6) is 0 Å². The average Bonchev–Trinajstić information content (AvgIpc) is 2.69. The largest absolute Gasteiger partial charge is 0.325 e. The third-order valence-electron chi connectivity index (χ3n) is 3.55. The van der Waals surface area contributed by atoms with E-state index in [-0.39, 0.29) is 21.7 Å². The Balaban J connectivity index is 1.68. The molecule has 3 aromatic rings. The summed E-state index contributed by atoms with van der Waals surface area (Å²) in [5, 5.41) is 2.87. The summed E-state index contributed by atoms with van der Waals surface area (Å²) in [6, 6.07) is 14.7. The fourth-order valence-electron chi connectivity index (χ4n) is 2.22. The molecule has 0 aliphatic carbocycles. The van der Waals surface area contributed by atoms with Gasteiger partial charge in [0.25, 0.3) is 5.56 Å². The maximum absolute atomic E-state index is 12.5. The highest BCUT2D eigenvalue weighted by Crippen LogP contribution is 2.19. The van der Waals surface area contributed by atoms with E-state index in [9.17, 15) is 18.0 Å². The van der Waals surface area contributed by atoms with Crippen molar-refractivity contribution >= 4 is 49.1 Å². The number of benzene rings is 2. The number of thioether (sulfide) groups is 1. The van der Waals surface area contributed by atoms with E-state index in [0.717, 1.165) is 22.4 Å². The van der Waals surface area contributed by atoms with E-state index in [1.165, 1.54) is 12.1 Å². The SMILES string of the molecule is O=C(CSc1ncc(S(=O)(=O)c2ccccc2)c(=O)[nH]1)Nc1ccc(Br)cc1. The van der Waals surface area contributed by atoms with Crippen LogP contribution in [0.3, 0.4) is 0 Å². The van der Waals surface area contributed by atoms with Crippen molar-refractivity contribution in [3.63, 3.8) is 0 Å². The number of aromatic nitrogens is 2. The molecule has 7 nitrogen and oxygen atoms in total. The van der Waals surface area contributed by atoms with E-state index in [4.69, 9.17) is 0 Å². The standard InChI is InChI=1S/C18H14BrN3O4S2/c19-12-6-8-13(9-7-12)21-16(23)11-27-18-20-10-15(17(24)22-18)28(25,26)14-4-2-1-3-5-14/h1-10H,11H2,(H,21,23)(H,20,22,24). The third kappa shape index (κ3) is 4.89. The van der Waals surface area contributed by atoms with Gasteiger partial charge in [-0.15, -0.1) is 0 Å². The van der Waals surface area contributed by atoms with Crippen LogP contribution in [0.15, 0.2) is 85.0 Å². The summed E-state index contributed by atoms with van der Waals surface area (Å²) in [5.41, 5.74) is -0.144. The second-order valence-corrected chi connectivity index (χ2v) is 9.34. The van der Waals surface area contributed by atoms with Crippen LogP contribution in [0.25, 0.3) is 0 Å². The van der Waals surface area contributed by atoms with Gasteiger partial charge in [0.15, 0.2) is 10.1 Å². The summed E-state index contributed by atoms with van der Waals surface area (Å²) in [6.45, 7) is 0. The number of anilines is 1. The Morgan fingerprint density at radius 3 is 2.43 bits per heavy atom. The van der Waals surface area contributed by atoms with Gasteiger partial charge >= 0.3 is 0 Å². The lowest BCUT2D eigenvalue weighted by Crippen LogP contribution is -2.20. The number of carbonyl (C=O) groups is 1. The normalized spacial score (nSPS) is 11.2. The van der Waals surface area contributed by atoms with E-state index in [0.29, 0.717) is 5.69 Å². The Hall–Kier alpha value is -2.43. The first kappa shape index (κ1) is 20.3. The molecular weight excluding hydrogens is 466 g/mol. The van der Waals surface area contributed by atoms with Gasteiger partial charge in [-0.3, -0.25) is 9.59 Å². The van der Waals surface area contributed by atoms with Crippen LogP contribution < -0.4 is 10.9 Å². The van der Waals surface area contributed by atoms with Crippen LogP contribution >= 0.6 is 27.7 Å². The van der Waals surface area contributed by atoms with Crippen molar-refractivity contribution in [3.8, 4) is 0 Å². The fourth-order valence-corrected chi connectivity index (χ4v) is 4.37. The van der Waals surface area contributed by atoms with Crippen molar-refractivity contribution in [3.05, 3.63) is 75.6 Å². The molecule has 0 spiro atoms. The molecular formula is C18H14BrN3O4S2. The average molecular weight is 480 g/mol. The van der Waals surface area contributed by atoms with Gasteiger partial charge in [0, 0.05) is 10.2 Å². The Bertz CT molecular complexity index is 1150. The van der Waals surface area contributed by atoms with Gasteiger partial charge < -0.3 is 10.3 Å². The minimum atomic E-state index is -3.96. The molecule has 1 aromatic heterocycles. The zero-order chi connectivity index (χ0) is 20.1. The molecule has 2 N–H and O–H groups in total. The lowest BCUT2D eigenvalue weighted by atomic mass is 10.3. The van der Waals surface area contributed by atoms with Gasteiger partial charge in [0.05, 0.1) is 16.8 Å². The topological polar surface area (TPSA) is 109 Å². The summed E-state index contributed by atoms with van der Waals surface area (Å²) >= 11 is 4.31. The highest BCUT2D eigenvalue weighted by atomic mass is 79.9. The molecule has 0 radical (unpaired) electrons. The third-order valence-corrected chi connectivity index (χ3v) is 6.73. The lowest BCUT2D eigenvalue weighted by molar-refractivity contribution is -0.113. The second kappa shape index (κ2) is 8.72. The molecule has 3 rings (SSSR count).